The van der Waals surface area contributed by atoms with Crippen LogP contribution < -0.4 is 5.32 Å². The fraction of sp³-hybridized carbons (Fsp3) is 0.368. The molecule has 0 unspecified atom stereocenters. The van der Waals surface area contributed by atoms with E-state index in [2.05, 4.69) is 5.32 Å². The van der Waals surface area contributed by atoms with Crippen LogP contribution in [0.5, 0.6) is 0 Å². The molecule has 0 fully saturated rings. The van der Waals surface area contributed by atoms with E-state index in [1.54, 1.807) is 42.5 Å². The summed E-state index contributed by atoms with van der Waals surface area (Å²) in [6, 6.07) is 9.11. The lowest BCUT2D eigenvalue weighted by atomic mass is 10.0. The van der Waals surface area contributed by atoms with Gasteiger partial charge < -0.3 is 10.2 Å². The van der Waals surface area contributed by atoms with Gasteiger partial charge in [0.15, 0.2) is 0 Å². The number of hydrogen-bond acceptors (Lipinski definition) is 3. The Bertz CT molecular complexity index is 750. The van der Waals surface area contributed by atoms with Crippen molar-refractivity contribution in [2.45, 2.75) is 32.1 Å². The second-order valence-corrected chi connectivity index (χ2v) is 7.39. The van der Waals surface area contributed by atoms with Crippen molar-refractivity contribution in [1.82, 2.24) is 4.90 Å². The Kier molecular flexibility index (Phi) is 5.00. The van der Waals surface area contributed by atoms with E-state index in [1.165, 1.54) is 11.3 Å². The van der Waals surface area contributed by atoms with Crippen LogP contribution in [0.1, 0.15) is 50.4 Å². The molecule has 0 saturated heterocycles. The van der Waals surface area contributed by atoms with E-state index in [9.17, 15) is 9.59 Å². The van der Waals surface area contributed by atoms with E-state index >= 15 is 0 Å². The Labute approximate surface area is 146 Å². The Hall–Kier alpha value is -2.14. The third-order valence-electron chi connectivity index (χ3n) is 4.30. The van der Waals surface area contributed by atoms with Crippen molar-refractivity contribution in [2.75, 3.05) is 19.4 Å². The van der Waals surface area contributed by atoms with Crippen LogP contribution in [0.15, 0.2) is 30.3 Å². The van der Waals surface area contributed by atoms with Gasteiger partial charge in [-0.2, -0.15) is 0 Å². The molecule has 3 rings (SSSR count). The highest BCUT2D eigenvalue weighted by atomic mass is 32.1. The van der Waals surface area contributed by atoms with Crippen LogP contribution in [0.25, 0.3) is 0 Å². The number of nitrogens with zero attached hydrogens (tertiary/aromatic N) is 1. The van der Waals surface area contributed by atoms with Crippen molar-refractivity contribution in [3.05, 3.63) is 51.9 Å². The molecule has 2 amide bonds. The molecule has 0 spiro atoms. The Morgan fingerprint density at radius 2 is 1.75 bits per heavy atom. The first-order valence-corrected chi connectivity index (χ1v) is 9.12. The summed E-state index contributed by atoms with van der Waals surface area (Å²) >= 11 is 1.56. The summed E-state index contributed by atoms with van der Waals surface area (Å²) in [5, 5.41) is 3.66. The molecule has 0 radical (unpaired) electrons. The molecule has 0 saturated carbocycles. The van der Waals surface area contributed by atoms with E-state index in [4.69, 9.17) is 0 Å². The molecule has 1 heterocycles. The number of anilines is 1. The average Bonchev–Trinajstić information content (AvgIpc) is 2.76. The van der Waals surface area contributed by atoms with Crippen molar-refractivity contribution in [1.29, 1.82) is 0 Å². The molecule has 0 aliphatic heterocycles. The smallest absolute Gasteiger partial charge is 0.256 e. The number of fused-ring (bicyclic) bond motifs is 1. The predicted octanol–water partition coefficient (Wildman–Crippen LogP) is 3.97. The van der Waals surface area contributed by atoms with E-state index in [1.807, 2.05) is 18.2 Å². The van der Waals surface area contributed by atoms with E-state index < -0.39 is 0 Å². The maximum Gasteiger partial charge on any atom is 0.256 e. The molecule has 1 N–H and O–H groups in total. The van der Waals surface area contributed by atoms with Gasteiger partial charge in [0.2, 0.25) is 0 Å². The number of hydrogen-bond donors (Lipinski definition) is 1. The fourth-order valence-corrected chi connectivity index (χ4v) is 4.32. The molecule has 1 aromatic carbocycles. The van der Waals surface area contributed by atoms with E-state index in [0.717, 1.165) is 31.2 Å². The monoisotopic (exact) mass is 342 g/mol. The lowest BCUT2D eigenvalue weighted by molar-refractivity contribution is 0.0828. The van der Waals surface area contributed by atoms with Gasteiger partial charge in [-0.1, -0.05) is 24.6 Å². The minimum absolute atomic E-state index is 0.0299. The first kappa shape index (κ1) is 16.7. The van der Waals surface area contributed by atoms with Gasteiger partial charge in [0.1, 0.15) is 5.00 Å². The number of carbonyl (C=O) groups is 2. The van der Waals surface area contributed by atoms with E-state index in [0.29, 0.717) is 16.1 Å². The van der Waals surface area contributed by atoms with Gasteiger partial charge in [-0.05, 0) is 43.4 Å². The molecule has 1 aromatic heterocycles. The molecule has 1 aliphatic rings. The number of aryl methyl sites for hydroxylation is 1. The Morgan fingerprint density at radius 3 is 2.46 bits per heavy atom. The maximum absolute atomic E-state index is 12.7. The molecule has 1 aliphatic carbocycles. The zero-order valence-corrected chi connectivity index (χ0v) is 14.9. The minimum atomic E-state index is -0.167. The summed E-state index contributed by atoms with van der Waals surface area (Å²) in [5.74, 6) is -0.197. The average molecular weight is 342 g/mol. The topological polar surface area (TPSA) is 49.4 Å². The van der Waals surface area contributed by atoms with Gasteiger partial charge in [-0.15, -0.1) is 11.3 Å². The highest BCUT2D eigenvalue weighted by Gasteiger charge is 2.26. The standard InChI is InChI=1S/C19H22N2O2S/c1-21(2)19(23)16-14-11-7-4-8-12-15(14)24-18(16)20-17(22)13-9-5-3-6-10-13/h3,5-6,9-10H,4,7-8,11-12H2,1-2H3,(H,20,22). The SMILES string of the molecule is CN(C)C(=O)c1c(NC(=O)c2ccccc2)sc2c1CCCCC2. The summed E-state index contributed by atoms with van der Waals surface area (Å²) in [7, 11) is 3.51. The molecule has 2 aromatic rings. The molecular weight excluding hydrogens is 320 g/mol. The number of carbonyl (C=O) groups excluding carboxylic acids is 2. The van der Waals surface area contributed by atoms with Crippen LogP contribution in [0, 0.1) is 0 Å². The highest BCUT2D eigenvalue weighted by Crippen LogP contribution is 2.38. The first-order valence-electron chi connectivity index (χ1n) is 8.30. The van der Waals surface area contributed by atoms with Crippen LogP contribution in [0.3, 0.4) is 0 Å². The third kappa shape index (κ3) is 3.36. The lowest BCUT2D eigenvalue weighted by Crippen LogP contribution is -2.24. The zero-order valence-electron chi connectivity index (χ0n) is 14.1. The summed E-state index contributed by atoms with van der Waals surface area (Å²) < 4.78 is 0. The van der Waals surface area contributed by atoms with Gasteiger partial charge in [0, 0.05) is 24.5 Å². The largest absolute Gasteiger partial charge is 0.345 e. The molecule has 5 heteroatoms. The van der Waals surface area contributed by atoms with Crippen molar-refractivity contribution in [3.8, 4) is 0 Å². The molecule has 4 nitrogen and oxygen atoms in total. The van der Waals surface area contributed by atoms with Crippen LogP contribution in [-0.2, 0) is 12.8 Å². The predicted molar refractivity (Wildman–Crippen MR) is 98.0 cm³/mol. The van der Waals surface area contributed by atoms with Gasteiger partial charge in [-0.3, -0.25) is 9.59 Å². The van der Waals surface area contributed by atoms with Gasteiger partial charge in [0.25, 0.3) is 11.8 Å². The number of thiophene rings is 1. The lowest BCUT2D eigenvalue weighted by Gasteiger charge is -2.13. The van der Waals surface area contributed by atoms with Gasteiger partial charge >= 0.3 is 0 Å². The van der Waals surface area contributed by atoms with Crippen molar-refractivity contribution in [3.63, 3.8) is 0 Å². The van der Waals surface area contributed by atoms with Crippen LogP contribution in [-0.4, -0.2) is 30.8 Å². The highest BCUT2D eigenvalue weighted by molar-refractivity contribution is 7.17. The fourth-order valence-electron chi connectivity index (χ4n) is 3.05. The maximum atomic E-state index is 12.7. The minimum Gasteiger partial charge on any atom is -0.345 e. The first-order chi connectivity index (χ1) is 11.6. The Morgan fingerprint density at radius 1 is 1.04 bits per heavy atom. The molecular formula is C19H22N2O2S. The quantitative estimate of drug-likeness (QED) is 0.858. The second-order valence-electron chi connectivity index (χ2n) is 6.29. The molecule has 0 atom stereocenters. The van der Waals surface area contributed by atoms with Crippen molar-refractivity contribution in [2.24, 2.45) is 0 Å². The molecule has 24 heavy (non-hydrogen) atoms. The zero-order chi connectivity index (χ0) is 17.1. The molecule has 0 bridgehead atoms. The molecule has 126 valence electrons. The summed E-state index contributed by atoms with van der Waals surface area (Å²) in [6.07, 6.45) is 5.36. The summed E-state index contributed by atoms with van der Waals surface area (Å²) in [5.41, 5.74) is 2.43. The van der Waals surface area contributed by atoms with Crippen molar-refractivity contribution < 1.29 is 9.59 Å². The second kappa shape index (κ2) is 7.18. The van der Waals surface area contributed by atoms with Crippen LogP contribution in [0.4, 0.5) is 5.00 Å². The summed E-state index contributed by atoms with van der Waals surface area (Å²) in [6.45, 7) is 0. The summed E-state index contributed by atoms with van der Waals surface area (Å²) in [4.78, 5) is 28.1. The van der Waals surface area contributed by atoms with E-state index in [-0.39, 0.29) is 11.8 Å². The number of nitrogens with one attached hydrogen (secondary N) is 1. The van der Waals surface area contributed by atoms with Crippen molar-refractivity contribution >= 4 is 28.2 Å². The normalized spacial score (nSPS) is 13.8. The number of rotatable bonds is 3. The van der Waals surface area contributed by atoms with Crippen LogP contribution in [0.2, 0.25) is 0 Å². The van der Waals surface area contributed by atoms with Crippen LogP contribution >= 0.6 is 11.3 Å². The number of amides is 2. The van der Waals surface area contributed by atoms with Gasteiger partial charge in [0.05, 0.1) is 5.56 Å². The Balaban J connectivity index is 1.97. The number of benzene rings is 1. The third-order valence-corrected chi connectivity index (χ3v) is 5.51. The van der Waals surface area contributed by atoms with Gasteiger partial charge in [-0.25, -0.2) is 0 Å².